The number of pyridine rings is 2. The SMILES string of the molecule is [2H]C([2H])([2H])c1cnc(-c2[c-]ccc3c2oc2cc4c5ccc(-c6ccccc6)cc5c5ccccc5c4cc23)cc1C([2H])([2H])[2H].[2H]C([2H])(c1ccc(-c2[c-]cccc2)nc1)C(C)(C)C.[Ir]. The number of fused-ring (bicyclic) bond motifs is 9. The predicted octanol–water partition coefficient (Wildman–Crippen LogP) is 14.3. The summed E-state index contributed by atoms with van der Waals surface area (Å²) in [5, 5.41) is 8.46. The molecule has 0 atom stereocenters. The van der Waals surface area contributed by atoms with Crippen LogP contribution in [-0.2, 0) is 26.5 Å². The van der Waals surface area contributed by atoms with E-state index in [-0.39, 0.29) is 36.9 Å². The summed E-state index contributed by atoms with van der Waals surface area (Å²) in [6.07, 6.45) is 1.36. The molecule has 0 unspecified atom stereocenters. The van der Waals surface area contributed by atoms with Crippen molar-refractivity contribution < 1.29 is 35.5 Å². The van der Waals surface area contributed by atoms with Gasteiger partial charge in [0.15, 0.2) is 0 Å². The summed E-state index contributed by atoms with van der Waals surface area (Å²) >= 11 is 0. The van der Waals surface area contributed by atoms with Crippen LogP contribution in [0, 0.1) is 31.3 Å². The average molecular weight is 923 g/mol. The molecule has 3 aromatic heterocycles. The zero-order valence-corrected chi connectivity index (χ0v) is 34.0. The number of aromatic nitrogens is 2. The predicted molar refractivity (Wildman–Crippen MR) is 235 cm³/mol. The number of hydrogen-bond acceptors (Lipinski definition) is 3. The molecule has 0 saturated heterocycles. The van der Waals surface area contributed by atoms with Crippen molar-refractivity contribution >= 4 is 54.3 Å². The number of rotatable bonds is 4. The third-order valence-corrected chi connectivity index (χ3v) is 9.92. The fraction of sp³-hybridized carbons (Fsp3) is 0.132. The molecule has 0 fully saturated rings. The average Bonchev–Trinajstić information content (AvgIpc) is 3.66. The van der Waals surface area contributed by atoms with E-state index in [4.69, 9.17) is 15.4 Å². The Bertz CT molecular complexity index is 3360. The van der Waals surface area contributed by atoms with E-state index < -0.39 is 25.5 Å². The van der Waals surface area contributed by atoms with Gasteiger partial charge in [-0.15, -0.1) is 54.1 Å². The van der Waals surface area contributed by atoms with Gasteiger partial charge in [0.05, 0.1) is 5.58 Å². The first-order valence-electron chi connectivity index (χ1n) is 22.6. The molecule has 10 aromatic rings. The second kappa shape index (κ2) is 15.5. The van der Waals surface area contributed by atoms with Crippen LogP contribution in [0.2, 0.25) is 0 Å². The van der Waals surface area contributed by atoms with Crippen molar-refractivity contribution in [1.82, 2.24) is 9.97 Å². The minimum Gasteiger partial charge on any atom is -0.501 e. The van der Waals surface area contributed by atoms with Crippen LogP contribution in [0.4, 0.5) is 0 Å². The summed E-state index contributed by atoms with van der Waals surface area (Å²) in [4.78, 5) is 8.74. The van der Waals surface area contributed by atoms with Gasteiger partial charge >= 0.3 is 0 Å². The molecule has 0 amide bonds. The molecule has 3 heterocycles. The van der Waals surface area contributed by atoms with Crippen LogP contribution in [0.1, 0.15) is 48.4 Å². The monoisotopic (exact) mass is 923 g/mol. The number of nitrogens with zero attached hydrogens (tertiary/aromatic N) is 2. The molecule has 1 radical (unpaired) electrons. The largest absolute Gasteiger partial charge is 0.501 e. The number of aryl methyl sites for hydroxylation is 2. The van der Waals surface area contributed by atoms with Gasteiger partial charge < -0.3 is 14.4 Å². The Balaban J connectivity index is 0.000000243. The van der Waals surface area contributed by atoms with E-state index >= 15 is 0 Å². The summed E-state index contributed by atoms with van der Waals surface area (Å²) in [7, 11) is 0. The van der Waals surface area contributed by atoms with Gasteiger partial charge in [0, 0.05) is 48.9 Å². The summed E-state index contributed by atoms with van der Waals surface area (Å²) in [5.41, 5.74) is 5.58. The molecule has 0 aliphatic carbocycles. The zero-order valence-electron chi connectivity index (χ0n) is 39.6. The third kappa shape index (κ3) is 7.52. The van der Waals surface area contributed by atoms with Crippen LogP contribution in [0.15, 0.2) is 156 Å². The molecule has 0 aliphatic rings. The van der Waals surface area contributed by atoms with E-state index in [9.17, 15) is 0 Å². The smallest absolute Gasteiger partial charge is 0.121 e. The van der Waals surface area contributed by atoms with Crippen molar-refractivity contribution in [1.29, 1.82) is 0 Å². The standard InChI is InChI=1S/C37H24NO.C16H18N.Ir/c1-22-17-35(38-21-23(22)2)30-14-8-13-29-34-19-32-27-12-7-6-11-26(27)31-18-25(24-9-4-3-5-10-24)15-16-28(31)33(32)20-36(34)39-37(29)30;1-16(2,3)11-13-9-10-15(17-12-13)14-7-5-4-6-8-14;/h3-13,15-21H,1-2H3;4-7,9-10,12H,11H2,1-3H3;/q2*-1;/i1D3,2D3;11D2;. The van der Waals surface area contributed by atoms with Gasteiger partial charge in [-0.3, -0.25) is 0 Å². The molecule has 4 heteroatoms. The summed E-state index contributed by atoms with van der Waals surface area (Å²) in [6.45, 7) is 0.435. The molecule has 281 valence electrons. The van der Waals surface area contributed by atoms with Crippen LogP contribution in [0.25, 0.3) is 87.9 Å². The van der Waals surface area contributed by atoms with Gasteiger partial charge in [0.1, 0.15) is 5.58 Å². The first-order valence-corrected chi connectivity index (χ1v) is 18.6. The van der Waals surface area contributed by atoms with Crippen molar-refractivity contribution in [3.05, 3.63) is 181 Å². The van der Waals surface area contributed by atoms with Gasteiger partial charge in [-0.1, -0.05) is 122 Å². The molecule has 0 saturated carbocycles. The maximum Gasteiger partial charge on any atom is 0.121 e. The Morgan fingerprint density at radius 3 is 2.02 bits per heavy atom. The van der Waals surface area contributed by atoms with Crippen molar-refractivity contribution in [2.75, 3.05) is 0 Å². The van der Waals surface area contributed by atoms with Gasteiger partial charge in [-0.2, -0.15) is 0 Å². The molecule has 0 aliphatic heterocycles. The van der Waals surface area contributed by atoms with Crippen molar-refractivity contribution in [2.24, 2.45) is 5.41 Å². The van der Waals surface area contributed by atoms with E-state index in [0.717, 1.165) is 71.7 Å². The van der Waals surface area contributed by atoms with E-state index in [1.54, 1.807) is 12.3 Å². The maximum absolute atomic E-state index is 8.21. The minimum atomic E-state index is -2.64. The zero-order chi connectivity index (χ0) is 45.2. The Hall–Kier alpha value is -5.93. The molecule has 0 spiro atoms. The summed E-state index contributed by atoms with van der Waals surface area (Å²) < 4.78 is 70.4. The molecule has 10 rings (SSSR count). The fourth-order valence-electron chi connectivity index (χ4n) is 7.39. The number of benzene rings is 7. The van der Waals surface area contributed by atoms with Crippen LogP contribution in [0.3, 0.4) is 0 Å². The first kappa shape index (κ1) is 29.3. The van der Waals surface area contributed by atoms with E-state index in [0.29, 0.717) is 22.3 Å². The Morgan fingerprint density at radius 1 is 0.579 bits per heavy atom. The van der Waals surface area contributed by atoms with Gasteiger partial charge in [-0.25, -0.2) is 0 Å². The van der Waals surface area contributed by atoms with E-state index in [2.05, 4.69) is 88.8 Å². The summed E-state index contributed by atoms with van der Waals surface area (Å²) in [5.74, 6) is 0. The normalized spacial score (nSPS) is 14.3. The van der Waals surface area contributed by atoms with Gasteiger partial charge in [-0.05, 0) is 110 Å². The second-order valence-electron chi connectivity index (χ2n) is 15.0. The van der Waals surface area contributed by atoms with Crippen LogP contribution in [-0.4, -0.2) is 9.97 Å². The number of furan rings is 1. The van der Waals surface area contributed by atoms with E-state index in [1.165, 1.54) is 6.07 Å². The van der Waals surface area contributed by atoms with Crippen LogP contribution >= 0.6 is 0 Å². The quantitative estimate of drug-likeness (QED) is 0.130. The van der Waals surface area contributed by atoms with E-state index in [1.807, 2.05) is 81.4 Å². The van der Waals surface area contributed by atoms with Crippen molar-refractivity contribution in [3.63, 3.8) is 0 Å². The van der Waals surface area contributed by atoms with Crippen LogP contribution < -0.4 is 0 Å². The number of hydrogen-bond donors (Lipinski definition) is 0. The van der Waals surface area contributed by atoms with Gasteiger partial charge in [0.25, 0.3) is 0 Å². The van der Waals surface area contributed by atoms with Crippen molar-refractivity contribution in [3.8, 4) is 33.6 Å². The third-order valence-electron chi connectivity index (χ3n) is 9.92. The van der Waals surface area contributed by atoms with Crippen molar-refractivity contribution in [2.45, 2.75) is 40.8 Å². The second-order valence-corrected chi connectivity index (χ2v) is 15.0. The maximum atomic E-state index is 8.21. The first-order chi connectivity index (χ1) is 30.4. The van der Waals surface area contributed by atoms with Crippen LogP contribution in [0.5, 0.6) is 0 Å². The Labute approximate surface area is 359 Å². The van der Waals surface area contributed by atoms with Gasteiger partial charge in [0.2, 0.25) is 0 Å². The fourth-order valence-corrected chi connectivity index (χ4v) is 7.39. The molecule has 0 N–H and O–H groups in total. The molecule has 0 bridgehead atoms. The molecule has 57 heavy (non-hydrogen) atoms. The molecule has 7 aromatic carbocycles. The Morgan fingerprint density at radius 2 is 1.30 bits per heavy atom. The Kier molecular flexibility index (Phi) is 8.00. The molecular weight excluding hydrogens is 873 g/mol. The minimum absolute atomic E-state index is 0. The molecule has 3 nitrogen and oxygen atoms in total. The summed E-state index contributed by atoms with van der Waals surface area (Å²) in [6, 6.07) is 52.2. The molecular formula is C53H42IrN2O-2. The topological polar surface area (TPSA) is 38.9 Å².